The Kier molecular flexibility index (Phi) is 3.11. The van der Waals surface area contributed by atoms with Gasteiger partial charge in [-0.2, -0.15) is 0 Å². The first-order chi connectivity index (χ1) is 18.4. The zero-order valence-corrected chi connectivity index (χ0v) is 17.0. The van der Waals surface area contributed by atoms with Gasteiger partial charge in [-0.15, -0.1) is 0 Å². The van der Waals surface area contributed by atoms with Crippen molar-refractivity contribution in [3.8, 4) is 33.5 Å². The van der Waals surface area contributed by atoms with Crippen LogP contribution in [0.2, 0.25) is 0 Å². The van der Waals surface area contributed by atoms with Crippen LogP contribution in [0.5, 0.6) is 0 Å². The van der Waals surface area contributed by atoms with Gasteiger partial charge in [-0.1, -0.05) is 80.5 Å². The summed E-state index contributed by atoms with van der Waals surface area (Å²) in [4.78, 5) is 4.38. The predicted octanol–water partition coefficient (Wildman–Crippen LogP) is 8.13. The maximum absolute atomic E-state index is 8.34. The van der Waals surface area contributed by atoms with Crippen LogP contribution >= 0.6 is 0 Å². The lowest BCUT2D eigenvalue weighted by molar-refractivity contribution is 0.867. The van der Waals surface area contributed by atoms with Crippen LogP contribution in [-0.4, -0.2) is 4.98 Å². The maximum atomic E-state index is 8.34. The number of benzene rings is 3. The third kappa shape index (κ3) is 3.93. The number of pyridine rings is 1. The summed E-state index contributed by atoms with van der Waals surface area (Å²) in [5.41, 5.74) is 3.93. The fourth-order valence-corrected chi connectivity index (χ4v) is 3.65. The van der Waals surface area contributed by atoms with Gasteiger partial charge < -0.3 is 0 Å². The number of aryl methyl sites for hydroxylation is 3. The smallest absolute Gasteiger partial charge is 0.0708 e. The van der Waals surface area contributed by atoms with E-state index >= 15 is 0 Å². The summed E-state index contributed by atoms with van der Waals surface area (Å²) in [5, 5.41) is 0. The Morgan fingerprint density at radius 1 is 0.800 bits per heavy atom. The van der Waals surface area contributed by atoms with Gasteiger partial charge in [-0.05, 0) is 77.1 Å². The Labute approximate surface area is 194 Å². The Morgan fingerprint density at radius 2 is 1.53 bits per heavy atom. The van der Waals surface area contributed by atoms with E-state index in [2.05, 4.69) is 4.98 Å². The molecule has 4 aromatic rings. The van der Waals surface area contributed by atoms with Crippen LogP contribution in [0.3, 0.4) is 0 Å². The zero-order chi connectivity index (χ0) is 29.7. The largest absolute Gasteiger partial charge is 0.256 e. The third-order valence-electron chi connectivity index (χ3n) is 5.23. The highest BCUT2D eigenvalue weighted by molar-refractivity contribution is 5.80. The number of hydrogen-bond donors (Lipinski definition) is 0. The second-order valence-corrected chi connectivity index (χ2v) is 7.40. The molecule has 3 aromatic carbocycles. The van der Waals surface area contributed by atoms with E-state index in [9.17, 15) is 0 Å². The molecule has 150 valence electrons. The molecule has 0 spiro atoms. The van der Waals surface area contributed by atoms with Crippen LogP contribution in [0.1, 0.15) is 55.6 Å². The van der Waals surface area contributed by atoms with Gasteiger partial charge in [0.15, 0.2) is 0 Å². The minimum absolute atomic E-state index is 0.00453. The second kappa shape index (κ2) is 8.28. The summed E-state index contributed by atoms with van der Waals surface area (Å²) < 4.78 is 80.8. The molecule has 1 heteroatoms. The summed E-state index contributed by atoms with van der Waals surface area (Å²) in [6.07, 6.45) is 1.29. The number of aromatic nitrogens is 1. The highest BCUT2D eigenvalue weighted by Crippen LogP contribution is 2.35. The molecule has 1 heterocycles. The molecule has 0 saturated heterocycles. The summed E-state index contributed by atoms with van der Waals surface area (Å²) in [6.45, 7) is -4.55. The monoisotopic (exact) mass is 401 g/mol. The molecule has 0 aliphatic heterocycles. The molecule has 0 bridgehead atoms. The minimum atomic E-state index is -2.57. The summed E-state index contributed by atoms with van der Waals surface area (Å²) >= 11 is 0. The van der Waals surface area contributed by atoms with Gasteiger partial charge in [0.05, 0.1) is 5.69 Å². The van der Waals surface area contributed by atoms with E-state index in [1.54, 1.807) is 43.3 Å². The first-order valence-electron chi connectivity index (χ1n) is 14.7. The fourth-order valence-electron chi connectivity index (χ4n) is 3.65. The third-order valence-corrected chi connectivity index (χ3v) is 5.23. The lowest BCUT2D eigenvalue weighted by Crippen LogP contribution is -1.95. The van der Waals surface area contributed by atoms with Crippen molar-refractivity contribution in [2.45, 2.75) is 40.3 Å². The number of nitrogens with zero attached hydrogens (tertiary/aromatic N) is 1. The maximum Gasteiger partial charge on any atom is 0.0708 e. The second-order valence-electron chi connectivity index (χ2n) is 7.40. The highest BCUT2D eigenvalue weighted by Gasteiger charge is 2.13. The van der Waals surface area contributed by atoms with Gasteiger partial charge in [0.1, 0.15) is 0 Å². The summed E-state index contributed by atoms with van der Waals surface area (Å²) in [7, 11) is 0. The molecule has 4 rings (SSSR count). The normalized spacial score (nSPS) is 19.3. The summed E-state index contributed by atoms with van der Waals surface area (Å²) in [5.74, 6) is -1.81. The van der Waals surface area contributed by atoms with Gasteiger partial charge in [0, 0.05) is 25.5 Å². The van der Waals surface area contributed by atoms with Crippen molar-refractivity contribution < 1.29 is 13.7 Å². The predicted molar refractivity (Wildman–Crippen MR) is 129 cm³/mol. The van der Waals surface area contributed by atoms with Gasteiger partial charge in [0.25, 0.3) is 0 Å². The first-order valence-corrected chi connectivity index (χ1v) is 9.73. The topological polar surface area (TPSA) is 12.9 Å². The molecule has 1 unspecified atom stereocenters. The zero-order valence-electron chi connectivity index (χ0n) is 27.0. The standard InChI is InChI=1S/C29H29N/c1-19(2)23-11-13-24(14-12-23)26-15-20(3)29(21(4)16-26)27-17-28(30-18-22(27)5)25-9-7-6-8-10-25/h6-19H,1-5H3/i1D3,3D3,5D3,19D. The average molecular weight is 402 g/mol. The van der Waals surface area contributed by atoms with Gasteiger partial charge in [0.2, 0.25) is 0 Å². The molecule has 0 radical (unpaired) electrons. The molecule has 1 nitrogen and oxygen atoms in total. The van der Waals surface area contributed by atoms with Crippen LogP contribution in [0.4, 0.5) is 0 Å². The van der Waals surface area contributed by atoms with Crippen LogP contribution in [-0.2, 0) is 0 Å². The van der Waals surface area contributed by atoms with Crippen LogP contribution in [0.25, 0.3) is 33.5 Å². The molecule has 0 aliphatic carbocycles. The first kappa shape index (κ1) is 11.3. The molecule has 1 atom stereocenters. The van der Waals surface area contributed by atoms with E-state index in [-0.39, 0.29) is 16.7 Å². The molecule has 0 fully saturated rings. The SMILES string of the molecule is [2H]C([2H])([2H])c1cnc(-c2ccccc2)cc1-c1c(C)cc(-c2ccc(C([2H])(C)C([2H])([2H])[2H])cc2)cc1C([2H])([2H])[2H]. The molecule has 30 heavy (non-hydrogen) atoms. The summed E-state index contributed by atoms with van der Waals surface area (Å²) in [6, 6.07) is 20.6. The van der Waals surface area contributed by atoms with Crippen molar-refractivity contribution in [3.63, 3.8) is 0 Å². The Hall–Kier alpha value is -3.19. The molecular formula is C29H29N. The van der Waals surface area contributed by atoms with Gasteiger partial charge >= 0.3 is 0 Å². The van der Waals surface area contributed by atoms with Crippen molar-refractivity contribution in [3.05, 3.63) is 101 Å². The minimum Gasteiger partial charge on any atom is -0.256 e. The van der Waals surface area contributed by atoms with E-state index in [4.69, 9.17) is 13.7 Å². The molecule has 0 aliphatic rings. The Bertz CT molecular complexity index is 1510. The lowest BCUT2D eigenvalue weighted by atomic mass is 9.89. The average Bonchev–Trinajstić information content (AvgIpc) is 2.86. The van der Waals surface area contributed by atoms with Crippen LogP contribution in [0.15, 0.2) is 79.0 Å². The Morgan fingerprint density at radius 3 is 2.23 bits per heavy atom. The van der Waals surface area contributed by atoms with E-state index < -0.39 is 26.4 Å². The van der Waals surface area contributed by atoms with Crippen LogP contribution in [0, 0.1) is 20.6 Å². The van der Waals surface area contributed by atoms with E-state index in [0.717, 1.165) is 5.56 Å². The highest BCUT2D eigenvalue weighted by atomic mass is 14.7. The van der Waals surface area contributed by atoms with Gasteiger partial charge in [-0.3, -0.25) is 4.98 Å². The molecule has 0 amide bonds. The van der Waals surface area contributed by atoms with Crippen LogP contribution < -0.4 is 0 Å². The van der Waals surface area contributed by atoms with Crippen molar-refractivity contribution in [1.82, 2.24) is 4.98 Å². The molecular weight excluding hydrogens is 362 g/mol. The quantitative estimate of drug-likeness (QED) is 0.336. The van der Waals surface area contributed by atoms with E-state index in [1.165, 1.54) is 19.2 Å². The van der Waals surface area contributed by atoms with Crippen molar-refractivity contribution in [2.24, 2.45) is 0 Å². The van der Waals surface area contributed by atoms with E-state index in [1.807, 2.05) is 30.3 Å². The molecule has 0 saturated carbocycles. The molecule has 0 N–H and O–H groups in total. The lowest BCUT2D eigenvalue weighted by Gasteiger charge is -2.16. The van der Waals surface area contributed by atoms with Crippen molar-refractivity contribution >= 4 is 0 Å². The van der Waals surface area contributed by atoms with Crippen molar-refractivity contribution in [1.29, 1.82) is 0 Å². The van der Waals surface area contributed by atoms with Gasteiger partial charge in [-0.25, -0.2) is 0 Å². The fraction of sp³-hybridized carbons (Fsp3) is 0.207. The van der Waals surface area contributed by atoms with Crippen molar-refractivity contribution in [2.75, 3.05) is 0 Å². The van der Waals surface area contributed by atoms with E-state index in [0.29, 0.717) is 33.5 Å². The molecule has 1 aromatic heterocycles. The number of rotatable bonds is 4. The Balaban J connectivity index is 1.93. The number of hydrogen-bond acceptors (Lipinski definition) is 1.